The number of imidazole rings is 1. The Hall–Kier alpha value is -3.50. The lowest BCUT2D eigenvalue weighted by molar-refractivity contribution is 0.0584. The average Bonchev–Trinajstić information content (AvgIpc) is 3.60. The minimum atomic E-state index is -0.917. The van der Waals surface area contributed by atoms with Crippen LogP contribution in [0.5, 0.6) is 5.75 Å². The number of rotatable bonds is 5. The van der Waals surface area contributed by atoms with Crippen molar-refractivity contribution in [3.05, 3.63) is 64.5 Å². The van der Waals surface area contributed by atoms with Gasteiger partial charge in [0.05, 0.1) is 36.6 Å². The molecule has 35 heavy (non-hydrogen) atoms. The summed E-state index contributed by atoms with van der Waals surface area (Å²) in [6.07, 6.45) is 3.10. The van der Waals surface area contributed by atoms with Crippen LogP contribution in [0.25, 0.3) is 16.7 Å². The van der Waals surface area contributed by atoms with E-state index in [0.29, 0.717) is 17.3 Å². The van der Waals surface area contributed by atoms with Crippen molar-refractivity contribution >= 4 is 28.5 Å². The van der Waals surface area contributed by atoms with Crippen LogP contribution in [-0.4, -0.2) is 62.6 Å². The zero-order chi connectivity index (χ0) is 24.9. The van der Waals surface area contributed by atoms with E-state index in [2.05, 4.69) is 15.2 Å². The number of aromatic nitrogens is 5. The SMILES string of the molecule is COc1ccc(-n2nccn2)c(C(=O)N2C[C@H](OC)CC2(C)c2nc3c(C)c(Cl)ccc3[nH]2)c1F. The summed E-state index contributed by atoms with van der Waals surface area (Å²) in [5.74, 6) is -0.830. The van der Waals surface area contributed by atoms with E-state index >= 15 is 4.39 Å². The molecule has 1 saturated heterocycles. The highest BCUT2D eigenvalue weighted by Crippen LogP contribution is 2.41. The first kappa shape index (κ1) is 23.3. The number of ether oxygens (including phenoxy) is 2. The smallest absolute Gasteiger partial charge is 0.260 e. The summed E-state index contributed by atoms with van der Waals surface area (Å²) in [6, 6.07) is 6.65. The molecule has 1 aliphatic rings. The number of halogens is 2. The van der Waals surface area contributed by atoms with Gasteiger partial charge in [-0.05, 0) is 43.7 Å². The van der Waals surface area contributed by atoms with Gasteiger partial charge in [-0.3, -0.25) is 4.79 Å². The second-order valence-corrected chi connectivity index (χ2v) is 9.11. The second-order valence-electron chi connectivity index (χ2n) is 8.70. The number of aromatic amines is 1. The number of likely N-dealkylation sites (tertiary alicyclic amines) is 1. The Bertz CT molecular complexity index is 1420. The quantitative estimate of drug-likeness (QED) is 0.446. The summed E-state index contributed by atoms with van der Waals surface area (Å²) >= 11 is 6.30. The minimum absolute atomic E-state index is 0.0533. The van der Waals surface area contributed by atoms with Crippen molar-refractivity contribution in [2.24, 2.45) is 0 Å². The van der Waals surface area contributed by atoms with Gasteiger partial charge in [-0.15, -0.1) is 0 Å². The first-order chi connectivity index (χ1) is 16.8. The molecule has 0 spiro atoms. The molecule has 4 aromatic rings. The van der Waals surface area contributed by atoms with Crippen LogP contribution in [0, 0.1) is 12.7 Å². The van der Waals surface area contributed by atoms with Crippen molar-refractivity contribution < 1.29 is 18.7 Å². The fourth-order valence-electron chi connectivity index (χ4n) is 4.71. The lowest BCUT2D eigenvalue weighted by atomic mass is 9.96. The van der Waals surface area contributed by atoms with E-state index in [4.69, 9.17) is 26.1 Å². The van der Waals surface area contributed by atoms with E-state index in [1.165, 1.54) is 30.4 Å². The van der Waals surface area contributed by atoms with E-state index in [0.717, 1.165) is 16.6 Å². The number of carbonyl (C=O) groups is 1. The summed E-state index contributed by atoms with van der Waals surface area (Å²) in [5, 5.41) is 8.80. The maximum absolute atomic E-state index is 15.6. The number of methoxy groups -OCH3 is 2. The minimum Gasteiger partial charge on any atom is -0.494 e. The molecule has 1 aliphatic heterocycles. The Morgan fingerprint density at radius 3 is 2.66 bits per heavy atom. The van der Waals surface area contributed by atoms with Gasteiger partial charge in [-0.1, -0.05) is 11.6 Å². The highest BCUT2D eigenvalue weighted by Gasteiger charge is 2.49. The summed E-state index contributed by atoms with van der Waals surface area (Å²) in [4.78, 5) is 25.0. The molecule has 1 N–H and O–H groups in total. The number of carbonyl (C=O) groups excluding carboxylic acids is 1. The number of fused-ring (bicyclic) bond motifs is 1. The summed E-state index contributed by atoms with van der Waals surface area (Å²) < 4.78 is 26.4. The van der Waals surface area contributed by atoms with Crippen LogP contribution < -0.4 is 4.74 Å². The third-order valence-corrected chi connectivity index (χ3v) is 7.10. The maximum atomic E-state index is 15.6. The molecule has 9 nitrogen and oxygen atoms in total. The summed E-state index contributed by atoms with van der Waals surface area (Å²) in [6.45, 7) is 4.02. The van der Waals surface area contributed by atoms with Gasteiger partial charge in [0.15, 0.2) is 11.6 Å². The van der Waals surface area contributed by atoms with E-state index in [1.54, 1.807) is 24.1 Å². The van der Waals surface area contributed by atoms with Crippen molar-refractivity contribution in [1.82, 2.24) is 29.9 Å². The van der Waals surface area contributed by atoms with Crippen LogP contribution in [-0.2, 0) is 10.3 Å². The Kier molecular flexibility index (Phi) is 5.72. The Labute approximate surface area is 205 Å². The third-order valence-electron chi connectivity index (χ3n) is 6.69. The fourth-order valence-corrected chi connectivity index (χ4v) is 4.86. The number of amides is 1. The zero-order valence-corrected chi connectivity index (χ0v) is 20.4. The lowest BCUT2D eigenvalue weighted by Gasteiger charge is -2.33. The molecule has 2 aromatic heterocycles. The normalized spacial score (nSPS) is 20.1. The Morgan fingerprint density at radius 1 is 1.23 bits per heavy atom. The Morgan fingerprint density at radius 2 is 1.97 bits per heavy atom. The molecule has 1 unspecified atom stereocenters. The third kappa shape index (κ3) is 3.64. The number of nitrogens with zero attached hydrogens (tertiary/aromatic N) is 5. The number of H-pyrrole nitrogens is 1. The van der Waals surface area contributed by atoms with Gasteiger partial charge >= 0.3 is 0 Å². The second kappa shape index (κ2) is 8.62. The van der Waals surface area contributed by atoms with Gasteiger partial charge in [0.25, 0.3) is 5.91 Å². The largest absolute Gasteiger partial charge is 0.494 e. The molecule has 2 aromatic carbocycles. The van der Waals surface area contributed by atoms with Crippen LogP contribution in [0.4, 0.5) is 4.39 Å². The molecule has 182 valence electrons. The number of benzene rings is 2. The molecule has 11 heteroatoms. The van der Waals surface area contributed by atoms with E-state index in [-0.39, 0.29) is 29.6 Å². The maximum Gasteiger partial charge on any atom is 0.260 e. The molecule has 5 rings (SSSR count). The first-order valence-corrected chi connectivity index (χ1v) is 11.4. The van der Waals surface area contributed by atoms with E-state index in [9.17, 15) is 4.79 Å². The van der Waals surface area contributed by atoms with Gasteiger partial charge < -0.3 is 19.4 Å². The van der Waals surface area contributed by atoms with Gasteiger partial charge in [0.1, 0.15) is 22.6 Å². The Balaban J connectivity index is 1.66. The molecule has 3 heterocycles. The molecule has 0 saturated carbocycles. The average molecular weight is 499 g/mol. The van der Waals surface area contributed by atoms with Gasteiger partial charge in [0, 0.05) is 25.1 Å². The molecular formula is C24H24ClFN6O3. The molecular weight excluding hydrogens is 475 g/mol. The number of hydrogen-bond donors (Lipinski definition) is 1. The van der Waals surface area contributed by atoms with Crippen LogP contribution in [0.2, 0.25) is 5.02 Å². The predicted molar refractivity (Wildman–Crippen MR) is 128 cm³/mol. The highest BCUT2D eigenvalue weighted by atomic mass is 35.5. The molecule has 0 radical (unpaired) electrons. The number of hydrogen-bond acceptors (Lipinski definition) is 6. The van der Waals surface area contributed by atoms with Crippen molar-refractivity contribution in [3.8, 4) is 11.4 Å². The number of nitrogens with one attached hydrogen (secondary N) is 1. The molecule has 1 amide bonds. The topological polar surface area (TPSA) is 98.2 Å². The number of aryl methyl sites for hydroxylation is 1. The molecule has 0 bridgehead atoms. The van der Waals surface area contributed by atoms with Crippen molar-refractivity contribution in [3.63, 3.8) is 0 Å². The van der Waals surface area contributed by atoms with Gasteiger partial charge in [-0.25, -0.2) is 9.37 Å². The van der Waals surface area contributed by atoms with Crippen molar-refractivity contribution in [2.45, 2.75) is 31.9 Å². The monoisotopic (exact) mass is 498 g/mol. The van der Waals surface area contributed by atoms with Crippen molar-refractivity contribution in [2.75, 3.05) is 20.8 Å². The standard InChI is InChI=1S/C24H24ClFN6O3/c1-13-15(25)5-6-16-21(13)30-23(29-16)24(2)11-14(34-3)12-31(24)22(33)19-17(32-27-9-10-28-32)7-8-18(35-4)20(19)26/h5-10,14H,11-12H2,1-4H3,(H,29,30)/t14-,24?/m1/s1. The lowest BCUT2D eigenvalue weighted by Crippen LogP contribution is -2.44. The predicted octanol–water partition coefficient (Wildman–Crippen LogP) is 4.03. The van der Waals surface area contributed by atoms with Crippen LogP contribution in [0.1, 0.15) is 35.1 Å². The molecule has 2 atom stereocenters. The molecule has 1 fully saturated rings. The first-order valence-electron chi connectivity index (χ1n) is 11.0. The summed E-state index contributed by atoms with van der Waals surface area (Å²) in [7, 11) is 2.94. The van der Waals surface area contributed by atoms with Gasteiger partial charge in [-0.2, -0.15) is 15.0 Å². The van der Waals surface area contributed by atoms with Crippen LogP contribution >= 0.6 is 11.6 Å². The van der Waals surface area contributed by atoms with E-state index in [1.807, 2.05) is 19.9 Å². The van der Waals surface area contributed by atoms with Gasteiger partial charge in [0.2, 0.25) is 0 Å². The van der Waals surface area contributed by atoms with E-state index < -0.39 is 17.3 Å². The zero-order valence-electron chi connectivity index (χ0n) is 19.7. The summed E-state index contributed by atoms with van der Waals surface area (Å²) in [5.41, 5.74) is 1.44. The van der Waals surface area contributed by atoms with Crippen molar-refractivity contribution in [1.29, 1.82) is 0 Å². The van der Waals surface area contributed by atoms with Crippen LogP contribution in [0.3, 0.4) is 0 Å². The fraction of sp³-hybridized carbons (Fsp3) is 0.333. The highest BCUT2D eigenvalue weighted by molar-refractivity contribution is 6.32. The van der Waals surface area contributed by atoms with Crippen LogP contribution in [0.15, 0.2) is 36.7 Å². The molecule has 0 aliphatic carbocycles.